The van der Waals surface area contributed by atoms with Gasteiger partial charge in [-0.2, -0.15) is 5.26 Å². The van der Waals surface area contributed by atoms with Crippen molar-refractivity contribution in [1.29, 1.82) is 5.26 Å². The highest BCUT2D eigenvalue weighted by Gasteiger charge is 2.36. The number of halogens is 1. The summed E-state index contributed by atoms with van der Waals surface area (Å²) < 4.78 is 23.4. The van der Waals surface area contributed by atoms with E-state index in [-0.39, 0.29) is 22.8 Å². The first-order chi connectivity index (χ1) is 9.99. The number of hydrogen-bond acceptors (Lipinski definition) is 5. The monoisotopic (exact) mass is 288 g/mol. The zero-order valence-electron chi connectivity index (χ0n) is 11.5. The maximum absolute atomic E-state index is 13.5. The van der Waals surface area contributed by atoms with Gasteiger partial charge in [0, 0.05) is 0 Å². The first kappa shape index (κ1) is 14.6. The summed E-state index contributed by atoms with van der Waals surface area (Å²) in [5.41, 5.74) is 6.31. The Bertz CT molecular complexity index is 701. The van der Waals surface area contributed by atoms with Crippen LogP contribution in [-0.4, -0.2) is 13.1 Å². The van der Waals surface area contributed by atoms with E-state index in [4.69, 9.17) is 15.2 Å². The van der Waals surface area contributed by atoms with Gasteiger partial charge in [-0.3, -0.25) is 0 Å². The summed E-state index contributed by atoms with van der Waals surface area (Å²) in [6.45, 7) is 1.54. The number of rotatable bonds is 2. The van der Waals surface area contributed by atoms with Crippen molar-refractivity contribution in [3.63, 3.8) is 0 Å². The lowest BCUT2D eigenvalue weighted by Gasteiger charge is -2.26. The van der Waals surface area contributed by atoms with Crippen molar-refractivity contribution in [3.8, 4) is 6.07 Å². The van der Waals surface area contributed by atoms with Gasteiger partial charge in [0.2, 0.25) is 5.88 Å². The lowest BCUT2D eigenvalue weighted by Crippen LogP contribution is -2.25. The van der Waals surface area contributed by atoms with Crippen LogP contribution in [0.5, 0.6) is 0 Å². The van der Waals surface area contributed by atoms with E-state index in [1.165, 1.54) is 25.3 Å². The van der Waals surface area contributed by atoms with Crippen LogP contribution in [0.2, 0.25) is 0 Å². The van der Waals surface area contributed by atoms with Crippen LogP contribution in [0.25, 0.3) is 0 Å². The van der Waals surface area contributed by atoms with Gasteiger partial charge in [-0.1, -0.05) is 12.1 Å². The van der Waals surface area contributed by atoms with Gasteiger partial charge in [0.1, 0.15) is 23.2 Å². The number of ether oxygens (including phenoxy) is 2. The number of methoxy groups -OCH3 is 1. The molecule has 0 spiro atoms. The number of hydrogen-bond donors (Lipinski definition) is 1. The van der Waals surface area contributed by atoms with E-state index in [1.54, 1.807) is 13.0 Å². The Morgan fingerprint density at radius 2 is 2.24 bits per heavy atom. The quantitative estimate of drug-likeness (QED) is 0.842. The van der Waals surface area contributed by atoms with Gasteiger partial charge in [-0.15, -0.1) is 0 Å². The molecule has 1 aliphatic rings. The van der Waals surface area contributed by atoms with Crippen LogP contribution < -0.4 is 5.73 Å². The highest BCUT2D eigenvalue weighted by atomic mass is 19.1. The molecule has 0 saturated heterocycles. The molecule has 0 radical (unpaired) electrons. The fourth-order valence-electron chi connectivity index (χ4n) is 2.28. The highest BCUT2D eigenvalue weighted by molar-refractivity contribution is 5.92. The Balaban J connectivity index is 2.66. The fourth-order valence-corrected chi connectivity index (χ4v) is 2.28. The molecule has 6 heteroatoms. The zero-order chi connectivity index (χ0) is 15.6. The van der Waals surface area contributed by atoms with Gasteiger partial charge in [-0.05, 0) is 24.6 Å². The summed E-state index contributed by atoms with van der Waals surface area (Å²) >= 11 is 0. The van der Waals surface area contributed by atoms with Gasteiger partial charge in [0.05, 0.1) is 18.6 Å². The molecule has 1 aromatic rings. The normalized spacial score (nSPS) is 18.1. The lowest BCUT2D eigenvalue weighted by molar-refractivity contribution is -0.136. The summed E-state index contributed by atoms with van der Waals surface area (Å²) in [7, 11) is 1.22. The molecule has 0 aromatic heterocycles. The number of nitrogens with two attached hydrogens (primary N) is 1. The first-order valence-corrected chi connectivity index (χ1v) is 6.11. The van der Waals surface area contributed by atoms with E-state index < -0.39 is 17.7 Å². The van der Waals surface area contributed by atoms with Gasteiger partial charge in [0.25, 0.3) is 0 Å². The second-order valence-electron chi connectivity index (χ2n) is 4.44. The Morgan fingerprint density at radius 3 is 2.81 bits per heavy atom. The van der Waals surface area contributed by atoms with Gasteiger partial charge < -0.3 is 15.2 Å². The Labute approximate surface area is 121 Å². The molecular formula is C15H13FN2O3. The van der Waals surface area contributed by atoms with E-state index in [1.807, 2.05) is 6.07 Å². The first-order valence-electron chi connectivity index (χ1n) is 6.11. The molecule has 2 N–H and O–H groups in total. The predicted octanol–water partition coefficient (Wildman–Crippen LogP) is 2.08. The molecule has 0 amide bonds. The smallest absolute Gasteiger partial charge is 0.338 e. The van der Waals surface area contributed by atoms with Crippen LogP contribution in [-0.2, 0) is 14.3 Å². The molecule has 21 heavy (non-hydrogen) atoms. The summed E-state index contributed by atoms with van der Waals surface area (Å²) in [5.74, 6) is -1.81. The van der Waals surface area contributed by atoms with Crippen molar-refractivity contribution < 1.29 is 18.7 Å². The second-order valence-corrected chi connectivity index (χ2v) is 4.44. The van der Waals surface area contributed by atoms with Crippen LogP contribution in [0, 0.1) is 17.1 Å². The molecule has 0 bridgehead atoms. The average Bonchev–Trinajstić information content (AvgIpc) is 2.45. The van der Waals surface area contributed by atoms with Crippen LogP contribution in [0.15, 0.2) is 47.1 Å². The van der Waals surface area contributed by atoms with E-state index in [0.717, 1.165) is 0 Å². The van der Waals surface area contributed by atoms with Gasteiger partial charge >= 0.3 is 5.97 Å². The number of nitriles is 1. The van der Waals surface area contributed by atoms with Crippen LogP contribution in [0.1, 0.15) is 18.4 Å². The number of esters is 1. The summed E-state index contributed by atoms with van der Waals surface area (Å²) in [6.07, 6.45) is 0. The maximum atomic E-state index is 13.5. The van der Waals surface area contributed by atoms with Crippen molar-refractivity contribution in [3.05, 3.63) is 58.4 Å². The summed E-state index contributed by atoms with van der Waals surface area (Å²) in [6, 6.07) is 7.54. The van der Waals surface area contributed by atoms with E-state index in [0.29, 0.717) is 5.56 Å². The largest absolute Gasteiger partial charge is 0.466 e. The van der Waals surface area contributed by atoms with Gasteiger partial charge in [-0.25, -0.2) is 9.18 Å². The fraction of sp³-hybridized carbons (Fsp3) is 0.200. The number of carbonyl (C=O) groups is 1. The second kappa shape index (κ2) is 5.67. The highest BCUT2D eigenvalue weighted by Crippen LogP contribution is 2.39. The molecular weight excluding hydrogens is 275 g/mol. The van der Waals surface area contributed by atoms with Crippen LogP contribution >= 0.6 is 0 Å². The predicted molar refractivity (Wildman–Crippen MR) is 71.8 cm³/mol. The molecule has 1 aromatic carbocycles. The minimum Gasteiger partial charge on any atom is -0.466 e. The summed E-state index contributed by atoms with van der Waals surface area (Å²) in [4.78, 5) is 12.0. The lowest BCUT2D eigenvalue weighted by atomic mass is 9.83. The molecule has 0 aliphatic carbocycles. The standard InChI is InChI=1S/C15H13FN2O3/c1-8-12(15(19)20-2)13(11(7-17)14(18)21-8)9-4-3-5-10(16)6-9/h3-6,13H,18H2,1-2H3/t13-/m1/s1. The van der Waals surface area contributed by atoms with Crippen molar-refractivity contribution in [1.82, 2.24) is 0 Å². The van der Waals surface area contributed by atoms with E-state index in [9.17, 15) is 14.4 Å². The number of allylic oxidation sites excluding steroid dienone is 2. The van der Waals surface area contributed by atoms with E-state index in [2.05, 4.69) is 0 Å². The third kappa shape index (κ3) is 2.58. The van der Waals surface area contributed by atoms with Crippen LogP contribution in [0.4, 0.5) is 4.39 Å². The minimum atomic E-state index is -0.813. The van der Waals surface area contributed by atoms with Crippen molar-refractivity contribution in [2.45, 2.75) is 12.8 Å². The zero-order valence-corrected chi connectivity index (χ0v) is 11.5. The number of carbonyl (C=O) groups excluding carboxylic acids is 1. The average molecular weight is 288 g/mol. The maximum Gasteiger partial charge on any atom is 0.338 e. The summed E-state index contributed by atoms with van der Waals surface area (Å²) in [5, 5.41) is 9.28. The third-order valence-electron chi connectivity index (χ3n) is 3.19. The molecule has 2 rings (SSSR count). The molecule has 1 atom stereocenters. The molecule has 0 unspecified atom stereocenters. The Kier molecular flexibility index (Phi) is 3.94. The number of benzene rings is 1. The van der Waals surface area contributed by atoms with Crippen molar-refractivity contribution in [2.24, 2.45) is 5.73 Å². The van der Waals surface area contributed by atoms with Gasteiger partial charge in [0.15, 0.2) is 0 Å². The van der Waals surface area contributed by atoms with Crippen molar-refractivity contribution in [2.75, 3.05) is 7.11 Å². The van der Waals surface area contributed by atoms with Crippen LogP contribution in [0.3, 0.4) is 0 Å². The number of nitrogens with zero attached hydrogens (tertiary/aromatic N) is 1. The molecule has 0 saturated carbocycles. The third-order valence-corrected chi connectivity index (χ3v) is 3.19. The molecule has 0 fully saturated rings. The topological polar surface area (TPSA) is 85.3 Å². The minimum absolute atomic E-state index is 0.0478. The SMILES string of the molecule is COC(=O)C1=C(C)OC(N)=C(C#N)[C@H]1c1cccc(F)c1. The van der Waals surface area contributed by atoms with Crippen molar-refractivity contribution >= 4 is 5.97 Å². The van der Waals surface area contributed by atoms with E-state index >= 15 is 0 Å². The Morgan fingerprint density at radius 1 is 1.52 bits per heavy atom. The molecule has 5 nitrogen and oxygen atoms in total. The molecule has 1 aliphatic heterocycles. The molecule has 108 valence electrons. The Hall–Kier alpha value is -2.81. The molecule has 1 heterocycles.